The molecule has 100 valence electrons. The minimum absolute atomic E-state index is 0.0216. The average molecular weight is 248 g/mol. The van der Waals surface area contributed by atoms with Crippen molar-refractivity contribution in [2.24, 2.45) is 0 Å². The predicted molar refractivity (Wildman–Crippen MR) is 75.5 cm³/mol. The van der Waals surface area contributed by atoms with Crippen LogP contribution in [-0.2, 0) is 11.2 Å². The summed E-state index contributed by atoms with van der Waals surface area (Å²) in [6, 6.07) is 9.08. The van der Waals surface area contributed by atoms with Gasteiger partial charge in [-0.25, -0.2) is 0 Å². The molecule has 1 aromatic rings. The van der Waals surface area contributed by atoms with Gasteiger partial charge < -0.3 is 10.6 Å². The smallest absolute Gasteiger partial charge is 0.216 e. The van der Waals surface area contributed by atoms with Crippen LogP contribution in [0.2, 0.25) is 0 Å². The predicted octanol–water partition coefficient (Wildman–Crippen LogP) is 2.43. The van der Waals surface area contributed by atoms with Gasteiger partial charge in [-0.05, 0) is 24.5 Å². The van der Waals surface area contributed by atoms with E-state index in [1.165, 1.54) is 24.5 Å². The van der Waals surface area contributed by atoms with Crippen molar-refractivity contribution in [2.75, 3.05) is 13.1 Å². The highest BCUT2D eigenvalue weighted by molar-refractivity contribution is 5.72. The second-order valence-corrected chi connectivity index (χ2v) is 4.65. The van der Waals surface area contributed by atoms with E-state index in [4.69, 9.17) is 0 Å². The van der Waals surface area contributed by atoms with Crippen LogP contribution in [0.5, 0.6) is 0 Å². The molecule has 1 unspecified atom stereocenters. The number of hydrogen-bond acceptors (Lipinski definition) is 2. The minimum atomic E-state index is 0.0216. The lowest BCUT2D eigenvalue weighted by molar-refractivity contribution is -0.118. The van der Waals surface area contributed by atoms with Crippen molar-refractivity contribution in [1.29, 1.82) is 0 Å². The molecular formula is C15H24N2O. The first-order valence-electron chi connectivity index (χ1n) is 6.70. The fraction of sp³-hybridized carbons (Fsp3) is 0.533. The molecule has 0 heterocycles. The molecule has 0 aliphatic heterocycles. The number of carbonyl (C=O) groups excluding carboxylic acids is 1. The van der Waals surface area contributed by atoms with Crippen molar-refractivity contribution >= 4 is 5.91 Å². The minimum Gasteiger partial charge on any atom is -0.355 e. The zero-order chi connectivity index (χ0) is 13.4. The van der Waals surface area contributed by atoms with Gasteiger partial charge in [0.1, 0.15) is 0 Å². The van der Waals surface area contributed by atoms with Gasteiger partial charge in [0.15, 0.2) is 0 Å². The number of carbonyl (C=O) groups is 1. The number of aryl methyl sites for hydroxylation is 1. The third-order valence-electron chi connectivity index (χ3n) is 2.97. The summed E-state index contributed by atoms with van der Waals surface area (Å²) in [5.74, 6) is 0.0216. The van der Waals surface area contributed by atoms with Gasteiger partial charge in [0, 0.05) is 26.1 Å². The number of amides is 1. The summed E-state index contributed by atoms with van der Waals surface area (Å²) < 4.78 is 0. The van der Waals surface area contributed by atoms with Crippen LogP contribution in [-0.4, -0.2) is 19.0 Å². The molecule has 0 aromatic heterocycles. The highest BCUT2D eigenvalue weighted by Crippen LogP contribution is 2.13. The zero-order valence-electron chi connectivity index (χ0n) is 11.6. The van der Waals surface area contributed by atoms with Gasteiger partial charge in [-0.15, -0.1) is 0 Å². The van der Waals surface area contributed by atoms with E-state index in [9.17, 15) is 4.79 Å². The van der Waals surface area contributed by atoms with Crippen molar-refractivity contribution in [1.82, 2.24) is 10.6 Å². The Labute approximate surface area is 110 Å². The summed E-state index contributed by atoms with van der Waals surface area (Å²) in [4.78, 5) is 10.7. The molecule has 18 heavy (non-hydrogen) atoms. The first-order chi connectivity index (χ1) is 8.63. The topological polar surface area (TPSA) is 41.1 Å². The van der Waals surface area contributed by atoms with Gasteiger partial charge in [0.25, 0.3) is 0 Å². The number of nitrogens with one attached hydrogen (secondary N) is 2. The van der Waals surface area contributed by atoms with Crippen LogP contribution in [0.15, 0.2) is 24.3 Å². The molecule has 3 heteroatoms. The number of benzene rings is 1. The van der Waals surface area contributed by atoms with Crippen molar-refractivity contribution in [3.63, 3.8) is 0 Å². The van der Waals surface area contributed by atoms with E-state index in [-0.39, 0.29) is 5.91 Å². The Kier molecular flexibility index (Phi) is 6.44. The van der Waals surface area contributed by atoms with Crippen LogP contribution in [0, 0.1) is 0 Å². The van der Waals surface area contributed by atoms with Crippen LogP contribution < -0.4 is 10.6 Å². The molecular weight excluding hydrogens is 224 g/mol. The molecule has 0 radical (unpaired) electrons. The maximum absolute atomic E-state index is 10.7. The lowest BCUT2D eigenvalue weighted by Crippen LogP contribution is -2.31. The molecule has 0 aliphatic carbocycles. The van der Waals surface area contributed by atoms with Crippen LogP contribution in [0.4, 0.5) is 0 Å². The summed E-state index contributed by atoms with van der Waals surface area (Å²) in [6.07, 6.45) is 2.33. The molecule has 1 aromatic carbocycles. The summed E-state index contributed by atoms with van der Waals surface area (Å²) in [5.41, 5.74) is 2.68. The van der Waals surface area contributed by atoms with Gasteiger partial charge in [0.2, 0.25) is 5.91 Å². The fourth-order valence-electron chi connectivity index (χ4n) is 1.91. The van der Waals surface area contributed by atoms with E-state index in [0.717, 1.165) is 13.0 Å². The molecule has 1 amide bonds. The van der Waals surface area contributed by atoms with Crippen LogP contribution in [0.25, 0.3) is 0 Å². The van der Waals surface area contributed by atoms with E-state index in [0.29, 0.717) is 12.6 Å². The van der Waals surface area contributed by atoms with E-state index >= 15 is 0 Å². The molecule has 2 N–H and O–H groups in total. The Bertz CT molecular complexity index is 359. The van der Waals surface area contributed by atoms with Crippen LogP contribution in [0.3, 0.4) is 0 Å². The molecule has 0 spiro atoms. The summed E-state index contributed by atoms with van der Waals surface area (Å²) in [7, 11) is 0. The third kappa shape index (κ3) is 5.32. The zero-order valence-corrected chi connectivity index (χ0v) is 11.6. The maximum Gasteiger partial charge on any atom is 0.216 e. The third-order valence-corrected chi connectivity index (χ3v) is 2.97. The standard InChI is InChI=1S/C15H24N2O/c1-4-5-14-6-8-15(9-7-14)12(2)16-10-11-17-13(3)18/h6-9,12,16H,4-5,10-11H2,1-3H3,(H,17,18). The van der Waals surface area contributed by atoms with Crippen LogP contribution in [0.1, 0.15) is 44.4 Å². The second kappa shape index (κ2) is 7.88. The van der Waals surface area contributed by atoms with Gasteiger partial charge in [-0.2, -0.15) is 0 Å². The molecule has 0 fully saturated rings. The van der Waals surface area contributed by atoms with Crippen molar-refractivity contribution < 1.29 is 4.79 Å². The molecule has 0 saturated carbocycles. The molecule has 3 nitrogen and oxygen atoms in total. The highest BCUT2D eigenvalue weighted by Gasteiger charge is 2.04. The molecule has 1 atom stereocenters. The Morgan fingerprint density at radius 2 is 1.89 bits per heavy atom. The molecule has 0 saturated heterocycles. The summed E-state index contributed by atoms with van der Waals surface area (Å²) in [6.45, 7) is 7.34. The van der Waals surface area contributed by atoms with E-state index in [2.05, 4.69) is 48.7 Å². The molecule has 1 rings (SSSR count). The summed E-state index contributed by atoms with van der Waals surface area (Å²) in [5, 5.41) is 6.17. The summed E-state index contributed by atoms with van der Waals surface area (Å²) >= 11 is 0. The van der Waals surface area contributed by atoms with Gasteiger partial charge in [0.05, 0.1) is 0 Å². The second-order valence-electron chi connectivity index (χ2n) is 4.65. The van der Waals surface area contributed by atoms with Crippen LogP contribution >= 0.6 is 0 Å². The van der Waals surface area contributed by atoms with Crippen molar-refractivity contribution in [3.05, 3.63) is 35.4 Å². The Morgan fingerprint density at radius 1 is 1.22 bits per heavy atom. The molecule has 0 bridgehead atoms. The van der Waals surface area contributed by atoms with E-state index < -0.39 is 0 Å². The lowest BCUT2D eigenvalue weighted by Gasteiger charge is -2.14. The van der Waals surface area contributed by atoms with Crippen molar-refractivity contribution in [3.8, 4) is 0 Å². The number of hydrogen-bond donors (Lipinski definition) is 2. The first-order valence-corrected chi connectivity index (χ1v) is 6.70. The van der Waals surface area contributed by atoms with Gasteiger partial charge in [-0.3, -0.25) is 4.79 Å². The maximum atomic E-state index is 10.7. The Morgan fingerprint density at radius 3 is 2.44 bits per heavy atom. The molecule has 0 aliphatic rings. The Hall–Kier alpha value is -1.35. The van der Waals surface area contributed by atoms with Gasteiger partial charge >= 0.3 is 0 Å². The van der Waals surface area contributed by atoms with E-state index in [1.54, 1.807) is 0 Å². The largest absolute Gasteiger partial charge is 0.355 e. The SMILES string of the molecule is CCCc1ccc(C(C)NCCNC(C)=O)cc1. The highest BCUT2D eigenvalue weighted by atomic mass is 16.1. The Balaban J connectivity index is 2.36. The monoisotopic (exact) mass is 248 g/mol. The fourth-order valence-corrected chi connectivity index (χ4v) is 1.91. The average Bonchev–Trinajstić information content (AvgIpc) is 2.35. The van der Waals surface area contributed by atoms with Gasteiger partial charge in [-0.1, -0.05) is 37.6 Å². The quantitative estimate of drug-likeness (QED) is 0.728. The lowest BCUT2D eigenvalue weighted by atomic mass is 10.0. The normalized spacial score (nSPS) is 12.2. The first kappa shape index (κ1) is 14.7. The van der Waals surface area contributed by atoms with Crippen molar-refractivity contribution in [2.45, 2.75) is 39.7 Å². The number of rotatable bonds is 7. The van der Waals surface area contributed by atoms with E-state index in [1.807, 2.05) is 0 Å².